The van der Waals surface area contributed by atoms with Crippen molar-refractivity contribution in [3.63, 3.8) is 0 Å². The van der Waals surface area contributed by atoms with Gasteiger partial charge in [0.05, 0.1) is 6.04 Å². The fourth-order valence-corrected chi connectivity index (χ4v) is 5.84. The number of hydrogen-bond donors (Lipinski definition) is 2. The van der Waals surface area contributed by atoms with E-state index in [4.69, 9.17) is 9.47 Å². The molecule has 0 spiro atoms. The monoisotopic (exact) mass is 660 g/mol. The Labute approximate surface area is 287 Å². The molecule has 1 amide bonds. The molecular weight excluding hydrogens is 588 g/mol. The Morgan fingerprint density at radius 3 is 1.32 bits per heavy atom. The van der Waals surface area contributed by atoms with E-state index in [1.165, 1.54) is 103 Å². The number of nitrogens with one attached hydrogen (secondary N) is 1. The molecule has 0 radical (unpaired) electrons. The van der Waals surface area contributed by atoms with Crippen LogP contribution in [-0.2, 0) is 30.3 Å². The van der Waals surface area contributed by atoms with Crippen LogP contribution in [0.15, 0.2) is 30.3 Å². The number of hydrogen-bond acceptors (Lipinski definition) is 5. The number of amides is 1. The molecule has 0 fully saturated rings. The molecule has 0 heterocycles. The fourth-order valence-electron chi connectivity index (χ4n) is 5.84. The summed E-state index contributed by atoms with van der Waals surface area (Å²) in [5, 5.41) is 2.92. The van der Waals surface area contributed by atoms with Gasteiger partial charge >= 0.3 is 11.9 Å². The van der Waals surface area contributed by atoms with Crippen LogP contribution in [0.1, 0.15) is 174 Å². The smallest absolute Gasteiger partial charge is 0.305 e. The van der Waals surface area contributed by atoms with E-state index in [2.05, 4.69) is 24.9 Å². The van der Waals surface area contributed by atoms with Crippen LogP contribution in [0.5, 0.6) is 0 Å². The molecule has 270 valence electrons. The maximum atomic E-state index is 13.0. The van der Waals surface area contributed by atoms with Crippen LogP contribution in [0.3, 0.4) is 0 Å². The highest BCUT2D eigenvalue weighted by Crippen LogP contribution is 2.14. The van der Waals surface area contributed by atoms with E-state index in [1.54, 1.807) is 0 Å². The summed E-state index contributed by atoms with van der Waals surface area (Å²) in [4.78, 5) is 37.9. The third-order valence-electron chi connectivity index (χ3n) is 8.90. The molecular formula is C40H71N2O5+. The van der Waals surface area contributed by atoms with Gasteiger partial charge < -0.3 is 20.5 Å². The zero-order valence-corrected chi connectivity index (χ0v) is 30.4. The van der Waals surface area contributed by atoms with Gasteiger partial charge in [0.2, 0.25) is 0 Å². The van der Waals surface area contributed by atoms with Crippen LogP contribution in [-0.4, -0.2) is 43.1 Å². The first-order valence-electron chi connectivity index (χ1n) is 19.4. The summed E-state index contributed by atoms with van der Waals surface area (Å²) in [7, 11) is 0. The minimum atomic E-state index is -0.606. The average Bonchev–Trinajstić information content (AvgIpc) is 3.07. The Morgan fingerprint density at radius 1 is 0.574 bits per heavy atom. The highest BCUT2D eigenvalue weighted by molar-refractivity contribution is 5.81. The van der Waals surface area contributed by atoms with Gasteiger partial charge in [-0.05, 0) is 18.4 Å². The summed E-state index contributed by atoms with van der Waals surface area (Å²) in [5.41, 5.74) is 5.06. The minimum Gasteiger partial charge on any atom is -0.463 e. The lowest BCUT2D eigenvalue weighted by molar-refractivity contribution is -0.403. The number of rotatable bonds is 32. The Hall–Kier alpha value is -2.41. The number of esters is 2. The summed E-state index contributed by atoms with van der Waals surface area (Å²) in [5.74, 6) is -0.799. The predicted molar refractivity (Wildman–Crippen MR) is 193 cm³/mol. The van der Waals surface area contributed by atoms with Gasteiger partial charge in [-0.2, -0.15) is 0 Å². The molecule has 0 aliphatic heterocycles. The summed E-state index contributed by atoms with van der Waals surface area (Å²) in [6.07, 6.45) is 28.1. The van der Waals surface area contributed by atoms with Crippen molar-refractivity contribution in [2.24, 2.45) is 0 Å². The quantitative estimate of drug-likeness (QED) is 0.0593. The number of carbonyl (C=O) groups excluding carboxylic acids is 3. The van der Waals surface area contributed by atoms with E-state index in [-0.39, 0.29) is 31.1 Å². The molecule has 0 aliphatic carbocycles. The molecule has 1 aromatic carbocycles. The third kappa shape index (κ3) is 26.3. The van der Waals surface area contributed by atoms with Crippen molar-refractivity contribution >= 4 is 17.8 Å². The van der Waals surface area contributed by atoms with E-state index in [1.807, 2.05) is 30.3 Å². The van der Waals surface area contributed by atoms with Crippen molar-refractivity contribution in [2.75, 3.05) is 13.2 Å². The minimum absolute atomic E-state index is 0.0214. The summed E-state index contributed by atoms with van der Waals surface area (Å²) in [6, 6.07) is 8.63. The SMILES string of the molecule is CCCCCCCCCCCCCC(=O)OCC(COC(=O)CCCCCCCCCCCCC)NC(=O)C([NH3+])Cc1ccccc1. The maximum absolute atomic E-state index is 13.0. The fraction of sp³-hybridized carbons (Fsp3) is 0.775. The van der Waals surface area contributed by atoms with Gasteiger partial charge in [0.25, 0.3) is 5.91 Å². The topological polar surface area (TPSA) is 109 Å². The van der Waals surface area contributed by atoms with Crippen LogP contribution in [0.25, 0.3) is 0 Å². The first-order chi connectivity index (χ1) is 23.0. The van der Waals surface area contributed by atoms with Gasteiger partial charge in [-0.25, -0.2) is 0 Å². The van der Waals surface area contributed by atoms with Crippen molar-refractivity contribution in [1.29, 1.82) is 0 Å². The number of unbranched alkanes of at least 4 members (excludes halogenated alkanes) is 20. The van der Waals surface area contributed by atoms with Crippen LogP contribution in [0, 0.1) is 0 Å². The Kier molecular flexibility index (Phi) is 28.0. The summed E-state index contributed by atoms with van der Waals surface area (Å²) < 4.78 is 11.1. The molecule has 7 heteroatoms. The van der Waals surface area contributed by atoms with Crippen molar-refractivity contribution in [1.82, 2.24) is 5.32 Å². The molecule has 0 aliphatic rings. The Morgan fingerprint density at radius 2 is 0.936 bits per heavy atom. The van der Waals surface area contributed by atoms with Crippen LogP contribution in [0.4, 0.5) is 0 Å². The summed E-state index contributed by atoms with van der Waals surface area (Å²) >= 11 is 0. The lowest BCUT2D eigenvalue weighted by Crippen LogP contribution is -2.69. The maximum Gasteiger partial charge on any atom is 0.305 e. The lowest BCUT2D eigenvalue weighted by Gasteiger charge is -2.20. The van der Waals surface area contributed by atoms with Gasteiger partial charge in [0, 0.05) is 19.3 Å². The Bertz CT molecular complexity index is 852. The molecule has 1 atom stereocenters. The molecule has 0 saturated heterocycles. The van der Waals surface area contributed by atoms with E-state index >= 15 is 0 Å². The van der Waals surface area contributed by atoms with E-state index in [9.17, 15) is 14.4 Å². The first kappa shape index (κ1) is 42.6. The second-order valence-electron chi connectivity index (χ2n) is 13.5. The number of ether oxygens (including phenoxy) is 2. The second kappa shape index (κ2) is 30.9. The van der Waals surface area contributed by atoms with Crippen molar-refractivity contribution in [2.45, 2.75) is 186 Å². The largest absolute Gasteiger partial charge is 0.463 e. The van der Waals surface area contributed by atoms with Crippen LogP contribution in [0.2, 0.25) is 0 Å². The zero-order chi connectivity index (χ0) is 34.2. The molecule has 0 bridgehead atoms. The average molecular weight is 660 g/mol. The van der Waals surface area contributed by atoms with Crippen molar-refractivity contribution in [3.8, 4) is 0 Å². The normalized spacial score (nSPS) is 11.8. The van der Waals surface area contributed by atoms with E-state index < -0.39 is 12.1 Å². The van der Waals surface area contributed by atoms with Crippen LogP contribution >= 0.6 is 0 Å². The molecule has 47 heavy (non-hydrogen) atoms. The standard InChI is InChI=1S/C40H70N2O5/c1-3-5-7-9-11-13-15-17-19-21-26-30-38(43)46-33-36(42-40(45)37(41)32-35-28-24-23-25-29-35)34-47-39(44)31-27-22-20-18-16-14-12-10-8-6-4-2/h23-25,28-29,36-37H,3-22,26-27,30-34,41H2,1-2H3,(H,42,45)/p+1. The third-order valence-corrected chi connectivity index (χ3v) is 8.90. The molecule has 1 rings (SSSR count). The zero-order valence-electron chi connectivity index (χ0n) is 30.4. The van der Waals surface area contributed by atoms with Crippen molar-refractivity contribution in [3.05, 3.63) is 35.9 Å². The Balaban J connectivity index is 2.35. The lowest BCUT2D eigenvalue weighted by atomic mass is 10.1. The van der Waals surface area contributed by atoms with Gasteiger partial charge in [-0.15, -0.1) is 0 Å². The second-order valence-corrected chi connectivity index (χ2v) is 13.5. The molecule has 4 N–H and O–H groups in total. The van der Waals surface area contributed by atoms with Crippen molar-refractivity contribution < 1.29 is 29.6 Å². The van der Waals surface area contributed by atoms with Gasteiger partial charge in [-0.3, -0.25) is 14.4 Å². The predicted octanol–water partition coefficient (Wildman–Crippen LogP) is 8.81. The summed E-state index contributed by atoms with van der Waals surface area (Å²) in [6.45, 7) is 4.45. The van der Waals surface area contributed by atoms with Gasteiger partial charge in [0.15, 0.2) is 6.04 Å². The molecule has 7 nitrogen and oxygen atoms in total. The van der Waals surface area contributed by atoms with Gasteiger partial charge in [0.1, 0.15) is 13.2 Å². The van der Waals surface area contributed by atoms with Gasteiger partial charge in [-0.1, -0.05) is 173 Å². The molecule has 0 saturated carbocycles. The first-order valence-corrected chi connectivity index (χ1v) is 19.4. The molecule has 1 unspecified atom stereocenters. The van der Waals surface area contributed by atoms with Crippen LogP contribution < -0.4 is 11.1 Å². The number of benzene rings is 1. The molecule has 1 aromatic rings. The number of quaternary nitrogens is 1. The van der Waals surface area contributed by atoms with E-state index in [0.29, 0.717) is 19.3 Å². The van der Waals surface area contributed by atoms with E-state index in [0.717, 1.165) is 44.1 Å². The number of carbonyl (C=O) groups is 3. The highest BCUT2D eigenvalue weighted by atomic mass is 16.5. The highest BCUT2D eigenvalue weighted by Gasteiger charge is 2.23. The molecule has 0 aromatic heterocycles.